The zero-order valence-electron chi connectivity index (χ0n) is 19.7. The van der Waals surface area contributed by atoms with Gasteiger partial charge >= 0.3 is 6.09 Å². The van der Waals surface area contributed by atoms with Crippen molar-refractivity contribution >= 4 is 17.5 Å². The average Bonchev–Trinajstić information content (AvgIpc) is 3.30. The summed E-state index contributed by atoms with van der Waals surface area (Å²) in [5.74, 6) is 0.734. The summed E-state index contributed by atoms with van der Waals surface area (Å²) in [6, 6.07) is 25.6. The predicted octanol–water partition coefficient (Wildman–Crippen LogP) is 5.45. The lowest BCUT2D eigenvalue weighted by Gasteiger charge is -2.35. The number of piperidine rings is 1. The van der Waals surface area contributed by atoms with Crippen molar-refractivity contribution in [3.05, 3.63) is 102 Å². The molecule has 3 aromatic rings. The molecule has 5 rings (SSSR count). The maximum atomic E-state index is 12.4. The first-order valence-electron chi connectivity index (χ1n) is 11.8. The summed E-state index contributed by atoms with van der Waals surface area (Å²) >= 11 is 0. The van der Waals surface area contributed by atoms with E-state index in [-0.39, 0.29) is 5.60 Å². The van der Waals surface area contributed by atoms with Crippen molar-refractivity contribution in [2.24, 2.45) is 0 Å². The fourth-order valence-electron chi connectivity index (χ4n) is 4.19. The Hall–Kier alpha value is -3.81. The van der Waals surface area contributed by atoms with E-state index in [4.69, 9.17) is 14.4 Å². The smallest absolute Gasteiger partial charge is 0.430 e. The van der Waals surface area contributed by atoms with E-state index in [2.05, 4.69) is 48.1 Å². The topological polar surface area (TPSA) is 72.1 Å². The molecular formula is C28H29N3O4. The second-order valence-corrected chi connectivity index (χ2v) is 8.92. The van der Waals surface area contributed by atoms with Crippen LogP contribution in [0.15, 0.2) is 84.9 Å². The number of amides is 1. The van der Waals surface area contributed by atoms with Crippen LogP contribution in [0.3, 0.4) is 0 Å². The van der Waals surface area contributed by atoms with Crippen molar-refractivity contribution in [1.29, 1.82) is 0 Å². The lowest BCUT2D eigenvalue weighted by atomic mass is 9.91. The van der Waals surface area contributed by atoms with E-state index in [1.807, 2.05) is 42.5 Å². The van der Waals surface area contributed by atoms with E-state index < -0.39 is 6.09 Å². The van der Waals surface area contributed by atoms with Gasteiger partial charge in [-0.3, -0.25) is 15.6 Å². The first-order valence-corrected chi connectivity index (χ1v) is 11.8. The molecule has 0 radical (unpaired) electrons. The number of carbonyl (C=O) groups excluding carboxylic acids is 1. The third kappa shape index (κ3) is 5.82. The lowest BCUT2D eigenvalue weighted by molar-refractivity contribution is -0.153. The summed E-state index contributed by atoms with van der Waals surface area (Å²) in [7, 11) is 0. The molecule has 0 saturated carbocycles. The van der Waals surface area contributed by atoms with Crippen LogP contribution >= 0.6 is 0 Å². The average molecular weight is 472 g/mol. The van der Waals surface area contributed by atoms with Crippen LogP contribution in [-0.4, -0.2) is 29.8 Å². The molecule has 35 heavy (non-hydrogen) atoms. The minimum Gasteiger partial charge on any atom is -0.489 e. The Labute approximate surface area is 205 Å². The van der Waals surface area contributed by atoms with Gasteiger partial charge in [-0.15, -0.1) is 5.06 Å². The van der Waals surface area contributed by atoms with Crippen molar-refractivity contribution in [2.75, 3.05) is 18.4 Å². The lowest BCUT2D eigenvalue weighted by Crippen LogP contribution is -2.45. The molecule has 2 N–H and O–H groups in total. The zero-order chi connectivity index (χ0) is 24.1. The monoisotopic (exact) mass is 471 g/mol. The van der Waals surface area contributed by atoms with E-state index in [0.717, 1.165) is 35.4 Å². The molecule has 1 fully saturated rings. The highest BCUT2D eigenvalue weighted by Gasteiger charge is 2.39. The van der Waals surface area contributed by atoms with Crippen molar-refractivity contribution < 1.29 is 19.2 Å². The zero-order valence-corrected chi connectivity index (χ0v) is 19.7. The molecule has 7 nitrogen and oxygen atoms in total. The van der Waals surface area contributed by atoms with Crippen LogP contribution < -0.4 is 15.5 Å². The first-order chi connectivity index (χ1) is 17.1. The Kier molecular flexibility index (Phi) is 6.70. The maximum absolute atomic E-state index is 12.4. The number of nitrogens with zero attached hydrogens (tertiary/aromatic N) is 1. The molecule has 0 aliphatic carbocycles. The molecule has 0 atom stereocenters. The van der Waals surface area contributed by atoms with Crippen LogP contribution in [0.2, 0.25) is 0 Å². The second kappa shape index (κ2) is 10.2. The van der Waals surface area contributed by atoms with Crippen LogP contribution in [0.4, 0.5) is 10.5 Å². The largest absolute Gasteiger partial charge is 0.489 e. The number of hydroxylamine groups is 3. The van der Waals surface area contributed by atoms with E-state index in [9.17, 15) is 4.79 Å². The summed E-state index contributed by atoms with van der Waals surface area (Å²) in [5, 5.41) is 4.45. The van der Waals surface area contributed by atoms with Crippen molar-refractivity contribution in [2.45, 2.75) is 32.0 Å². The van der Waals surface area contributed by atoms with Crippen LogP contribution in [0, 0.1) is 6.92 Å². The van der Waals surface area contributed by atoms with Gasteiger partial charge in [0, 0.05) is 18.8 Å². The standard InChI is InChI=1S/C28H29N3O4/c1-21-7-9-23(10-8-21)26-19-28(35-30-26)15-17-31(18-16-28)34-27(32)29-24-11-13-25(14-12-24)33-20-22-5-3-2-4-6-22/h2-14,19,30H,15-18,20H2,1H3,(H,29,32). The molecule has 180 valence electrons. The number of anilines is 1. The molecular weight excluding hydrogens is 442 g/mol. The Morgan fingerprint density at radius 3 is 2.43 bits per heavy atom. The Morgan fingerprint density at radius 2 is 1.71 bits per heavy atom. The van der Waals surface area contributed by atoms with E-state index in [1.54, 1.807) is 17.2 Å². The number of benzene rings is 3. The number of aryl methyl sites for hydroxylation is 1. The molecule has 2 aliphatic heterocycles. The molecule has 0 aromatic heterocycles. The van der Waals surface area contributed by atoms with Gasteiger partial charge in [0.2, 0.25) is 0 Å². The van der Waals surface area contributed by atoms with Crippen molar-refractivity contribution in [3.63, 3.8) is 0 Å². The predicted molar refractivity (Wildman–Crippen MR) is 134 cm³/mol. The molecule has 3 aromatic carbocycles. The second-order valence-electron chi connectivity index (χ2n) is 8.92. The molecule has 0 unspecified atom stereocenters. The Morgan fingerprint density at radius 1 is 1.00 bits per heavy atom. The van der Waals surface area contributed by atoms with Gasteiger partial charge in [0.15, 0.2) is 0 Å². The normalized spacial score (nSPS) is 16.9. The minimum atomic E-state index is -0.514. The number of hydrogen-bond donors (Lipinski definition) is 2. The van der Waals surface area contributed by atoms with Gasteiger partial charge in [0.1, 0.15) is 18.0 Å². The highest BCUT2D eigenvalue weighted by molar-refractivity contribution is 5.84. The van der Waals surface area contributed by atoms with Gasteiger partial charge in [0.05, 0.1) is 5.70 Å². The third-order valence-corrected chi connectivity index (χ3v) is 6.26. The van der Waals surface area contributed by atoms with E-state index in [0.29, 0.717) is 25.4 Å². The molecule has 1 amide bonds. The molecule has 7 heteroatoms. The fraction of sp³-hybridized carbons (Fsp3) is 0.250. The van der Waals surface area contributed by atoms with Crippen LogP contribution in [0.25, 0.3) is 5.70 Å². The first kappa shape index (κ1) is 23.0. The van der Waals surface area contributed by atoms with Crippen LogP contribution in [-0.2, 0) is 16.3 Å². The van der Waals surface area contributed by atoms with Gasteiger partial charge in [0.25, 0.3) is 0 Å². The highest BCUT2D eigenvalue weighted by atomic mass is 16.7. The highest BCUT2D eigenvalue weighted by Crippen LogP contribution is 2.34. The summed E-state index contributed by atoms with van der Waals surface area (Å²) < 4.78 is 5.79. The number of hydrogen-bond acceptors (Lipinski definition) is 6. The minimum absolute atomic E-state index is 0.383. The fourth-order valence-corrected chi connectivity index (χ4v) is 4.19. The van der Waals surface area contributed by atoms with Gasteiger partial charge in [-0.1, -0.05) is 60.2 Å². The number of nitrogens with one attached hydrogen (secondary N) is 2. The van der Waals surface area contributed by atoms with Gasteiger partial charge in [-0.2, -0.15) is 0 Å². The summed E-state index contributed by atoms with van der Waals surface area (Å²) in [5.41, 5.74) is 7.74. The molecule has 1 spiro atoms. The third-order valence-electron chi connectivity index (χ3n) is 6.26. The number of ether oxygens (including phenoxy) is 1. The van der Waals surface area contributed by atoms with Crippen molar-refractivity contribution in [3.8, 4) is 5.75 Å². The SMILES string of the molecule is Cc1ccc(C2=CC3(CCN(OC(=O)Nc4ccc(OCc5ccccc5)cc4)CC3)ON2)cc1. The molecule has 0 bridgehead atoms. The van der Waals surface area contributed by atoms with Crippen molar-refractivity contribution in [1.82, 2.24) is 10.5 Å². The Bertz CT molecular complexity index is 1170. The summed E-state index contributed by atoms with van der Waals surface area (Å²) in [4.78, 5) is 23.9. The number of carbonyl (C=O) groups is 1. The van der Waals surface area contributed by atoms with Crippen LogP contribution in [0.5, 0.6) is 5.75 Å². The van der Waals surface area contributed by atoms with E-state index in [1.165, 1.54) is 5.56 Å². The number of rotatable bonds is 6. The maximum Gasteiger partial charge on any atom is 0.430 e. The van der Waals surface area contributed by atoms with Gasteiger partial charge < -0.3 is 9.57 Å². The van der Waals surface area contributed by atoms with Gasteiger partial charge in [-0.05, 0) is 61.2 Å². The quantitative estimate of drug-likeness (QED) is 0.498. The molecule has 2 aliphatic rings. The summed E-state index contributed by atoms with van der Waals surface area (Å²) in [6.07, 6.45) is 3.07. The molecule has 2 heterocycles. The Balaban J connectivity index is 1.08. The molecule has 1 saturated heterocycles. The van der Waals surface area contributed by atoms with Crippen LogP contribution in [0.1, 0.15) is 29.5 Å². The summed E-state index contributed by atoms with van der Waals surface area (Å²) in [6.45, 7) is 3.73. The van der Waals surface area contributed by atoms with Gasteiger partial charge in [-0.25, -0.2) is 4.79 Å². The van der Waals surface area contributed by atoms with E-state index >= 15 is 0 Å².